The number of amides is 1. The molecule has 0 aliphatic carbocycles. The second-order valence-electron chi connectivity index (χ2n) is 7.59. The second kappa shape index (κ2) is 15.4. The van der Waals surface area contributed by atoms with Gasteiger partial charge in [-0.3, -0.25) is 9.59 Å². The maximum atomic E-state index is 11.9. The average Bonchev–Trinajstić information content (AvgIpc) is 2.93. The van der Waals surface area contributed by atoms with Gasteiger partial charge < -0.3 is 39.8 Å². The van der Waals surface area contributed by atoms with Crippen molar-refractivity contribution in [3.8, 4) is 0 Å². The SMILES string of the molecule is COC(=O)CNc1nc(NCCOCCOCCNC(=O)c2ccccc2)nc(N2CCOCC2)n1. The maximum Gasteiger partial charge on any atom is 0.325 e. The van der Waals surface area contributed by atoms with Crippen LogP contribution in [0.3, 0.4) is 0 Å². The van der Waals surface area contributed by atoms with E-state index in [2.05, 4.69) is 35.6 Å². The van der Waals surface area contributed by atoms with E-state index < -0.39 is 5.97 Å². The smallest absolute Gasteiger partial charge is 0.325 e. The first-order valence-corrected chi connectivity index (χ1v) is 11.8. The summed E-state index contributed by atoms with van der Waals surface area (Å²) in [6.07, 6.45) is 0. The van der Waals surface area contributed by atoms with Crippen molar-refractivity contribution in [2.24, 2.45) is 0 Å². The first-order chi connectivity index (χ1) is 17.7. The van der Waals surface area contributed by atoms with E-state index in [1.54, 1.807) is 12.1 Å². The summed E-state index contributed by atoms with van der Waals surface area (Å²) in [5.41, 5.74) is 0.620. The molecule has 196 valence electrons. The van der Waals surface area contributed by atoms with Gasteiger partial charge in [0.25, 0.3) is 5.91 Å². The highest BCUT2D eigenvalue weighted by Gasteiger charge is 2.17. The summed E-state index contributed by atoms with van der Waals surface area (Å²) in [6, 6.07) is 9.03. The molecule has 2 heterocycles. The van der Waals surface area contributed by atoms with Gasteiger partial charge in [0, 0.05) is 31.7 Å². The van der Waals surface area contributed by atoms with Crippen LogP contribution in [0.2, 0.25) is 0 Å². The zero-order chi connectivity index (χ0) is 25.4. The molecule has 0 spiro atoms. The summed E-state index contributed by atoms with van der Waals surface area (Å²) in [5, 5.41) is 8.78. The molecule has 13 heteroatoms. The molecule has 3 rings (SSSR count). The first-order valence-electron chi connectivity index (χ1n) is 11.8. The second-order valence-corrected chi connectivity index (χ2v) is 7.59. The quantitative estimate of drug-likeness (QED) is 0.225. The van der Waals surface area contributed by atoms with Gasteiger partial charge >= 0.3 is 5.97 Å². The van der Waals surface area contributed by atoms with E-state index >= 15 is 0 Å². The van der Waals surface area contributed by atoms with Crippen LogP contribution in [0.5, 0.6) is 0 Å². The lowest BCUT2D eigenvalue weighted by Crippen LogP contribution is -2.37. The summed E-state index contributed by atoms with van der Waals surface area (Å²) in [4.78, 5) is 38.6. The Labute approximate surface area is 209 Å². The van der Waals surface area contributed by atoms with Gasteiger partial charge in [-0.05, 0) is 12.1 Å². The van der Waals surface area contributed by atoms with Gasteiger partial charge in [-0.25, -0.2) is 0 Å². The van der Waals surface area contributed by atoms with Gasteiger partial charge in [0.15, 0.2) is 0 Å². The van der Waals surface area contributed by atoms with Crippen LogP contribution in [0.15, 0.2) is 30.3 Å². The van der Waals surface area contributed by atoms with Gasteiger partial charge in [0.1, 0.15) is 6.54 Å². The summed E-state index contributed by atoms with van der Waals surface area (Å²) in [5.74, 6) is 0.588. The minimum Gasteiger partial charge on any atom is -0.468 e. The number of rotatable bonds is 15. The van der Waals surface area contributed by atoms with Crippen molar-refractivity contribution in [1.29, 1.82) is 0 Å². The van der Waals surface area contributed by atoms with E-state index in [1.807, 2.05) is 23.1 Å². The van der Waals surface area contributed by atoms with Gasteiger partial charge in [-0.1, -0.05) is 18.2 Å². The predicted molar refractivity (Wildman–Crippen MR) is 132 cm³/mol. The summed E-state index contributed by atoms with van der Waals surface area (Å²) in [6.45, 7) is 4.99. The Morgan fingerprint density at radius 3 is 2.28 bits per heavy atom. The number of morpholine rings is 1. The average molecular weight is 504 g/mol. The highest BCUT2D eigenvalue weighted by Crippen LogP contribution is 2.15. The molecule has 13 nitrogen and oxygen atoms in total. The summed E-state index contributed by atoms with van der Waals surface area (Å²) >= 11 is 0. The number of nitrogens with one attached hydrogen (secondary N) is 3. The molecule has 36 heavy (non-hydrogen) atoms. The van der Waals surface area contributed by atoms with Crippen LogP contribution in [0.1, 0.15) is 10.4 Å². The lowest BCUT2D eigenvalue weighted by Gasteiger charge is -2.27. The van der Waals surface area contributed by atoms with E-state index in [0.29, 0.717) is 83.3 Å². The fourth-order valence-corrected chi connectivity index (χ4v) is 3.14. The lowest BCUT2D eigenvalue weighted by atomic mass is 10.2. The molecule has 0 radical (unpaired) electrons. The molecular weight excluding hydrogens is 470 g/mol. The molecule has 3 N–H and O–H groups in total. The molecule has 0 unspecified atom stereocenters. The van der Waals surface area contributed by atoms with Crippen LogP contribution in [0, 0.1) is 0 Å². The van der Waals surface area contributed by atoms with Gasteiger partial charge in [-0.2, -0.15) is 15.0 Å². The number of nitrogens with zero attached hydrogens (tertiary/aromatic N) is 4. The van der Waals surface area contributed by atoms with Crippen LogP contribution in [0.4, 0.5) is 17.8 Å². The Morgan fingerprint density at radius 1 is 0.917 bits per heavy atom. The summed E-state index contributed by atoms with van der Waals surface area (Å²) in [7, 11) is 1.32. The number of aromatic nitrogens is 3. The molecule has 1 aromatic heterocycles. The van der Waals surface area contributed by atoms with Crippen LogP contribution in [-0.4, -0.2) is 106 Å². The monoisotopic (exact) mass is 503 g/mol. The Kier molecular flexibility index (Phi) is 11.6. The minimum atomic E-state index is -0.424. The van der Waals surface area contributed by atoms with Crippen molar-refractivity contribution in [3.63, 3.8) is 0 Å². The molecule has 1 aliphatic heterocycles. The topological polar surface area (TPSA) is 149 Å². The minimum absolute atomic E-state index is 0.0540. The summed E-state index contributed by atoms with van der Waals surface area (Å²) < 4.78 is 21.1. The van der Waals surface area contributed by atoms with Crippen molar-refractivity contribution in [1.82, 2.24) is 20.3 Å². The number of anilines is 3. The van der Waals surface area contributed by atoms with Crippen LogP contribution in [-0.2, 0) is 23.7 Å². The number of hydrogen-bond acceptors (Lipinski definition) is 12. The highest BCUT2D eigenvalue weighted by molar-refractivity contribution is 5.94. The number of hydrogen-bond donors (Lipinski definition) is 3. The van der Waals surface area contributed by atoms with E-state index in [0.717, 1.165) is 0 Å². The Hall–Kier alpha value is -3.55. The number of methoxy groups -OCH3 is 1. The Bertz CT molecular complexity index is 944. The third-order valence-corrected chi connectivity index (χ3v) is 5.01. The van der Waals surface area contributed by atoms with Crippen molar-refractivity contribution < 1.29 is 28.5 Å². The molecule has 0 bridgehead atoms. The Balaban J connectivity index is 1.32. The van der Waals surface area contributed by atoms with Crippen molar-refractivity contribution in [2.75, 3.05) is 95.0 Å². The third-order valence-electron chi connectivity index (χ3n) is 5.01. The molecule has 1 aliphatic rings. The predicted octanol–water partition coefficient (Wildman–Crippen LogP) is 0.168. The van der Waals surface area contributed by atoms with Gasteiger partial charge in [0.05, 0.1) is 46.8 Å². The lowest BCUT2D eigenvalue weighted by molar-refractivity contribution is -0.138. The fourth-order valence-electron chi connectivity index (χ4n) is 3.14. The number of benzene rings is 1. The van der Waals surface area contributed by atoms with E-state index in [4.69, 9.17) is 14.2 Å². The van der Waals surface area contributed by atoms with Crippen LogP contribution >= 0.6 is 0 Å². The number of carbonyl (C=O) groups is 2. The molecule has 0 saturated carbocycles. The molecule has 1 aromatic carbocycles. The molecule has 0 atom stereocenters. The van der Waals surface area contributed by atoms with E-state index in [1.165, 1.54) is 7.11 Å². The molecule has 1 fully saturated rings. The Morgan fingerprint density at radius 2 is 1.58 bits per heavy atom. The standard InChI is InChI=1S/C23H33N7O6/c1-33-19(31)17-26-22-27-21(28-23(29-22)30-9-13-36-14-10-30)25-8-12-35-16-15-34-11-7-24-20(32)18-5-3-2-4-6-18/h2-6H,7-17H2,1H3,(H,24,32)(H2,25,26,27,28,29). The van der Waals surface area contributed by atoms with Crippen molar-refractivity contribution in [3.05, 3.63) is 35.9 Å². The third kappa shape index (κ3) is 9.60. The van der Waals surface area contributed by atoms with Crippen LogP contribution in [0.25, 0.3) is 0 Å². The van der Waals surface area contributed by atoms with Crippen molar-refractivity contribution in [2.45, 2.75) is 0 Å². The van der Waals surface area contributed by atoms with Gasteiger partial charge in [0.2, 0.25) is 17.8 Å². The van der Waals surface area contributed by atoms with Gasteiger partial charge in [-0.15, -0.1) is 0 Å². The number of esters is 1. The highest BCUT2D eigenvalue weighted by atomic mass is 16.5. The molecular formula is C23H33N7O6. The normalized spacial score (nSPS) is 13.2. The van der Waals surface area contributed by atoms with E-state index in [9.17, 15) is 9.59 Å². The molecule has 2 aromatic rings. The molecule has 1 amide bonds. The van der Waals surface area contributed by atoms with Crippen LogP contribution < -0.4 is 20.9 Å². The largest absolute Gasteiger partial charge is 0.468 e. The number of ether oxygens (including phenoxy) is 4. The zero-order valence-corrected chi connectivity index (χ0v) is 20.4. The number of carbonyl (C=O) groups excluding carboxylic acids is 2. The first kappa shape index (κ1) is 27.0. The maximum absolute atomic E-state index is 11.9. The zero-order valence-electron chi connectivity index (χ0n) is 20.4. The van der Waals surface area contributed by atoms with Crippen molar-refractivity contribution >= 4 is 29.7 Å². The van der Waals surface area contributed by atoms with E-state index in [-0.39, 0.29) is 18.4 Å². The fraction of sp³-hybridized carbons (Fsp3) is 0.522. The molecule has 1 saturated heterocycles.